The quantitative estimate of drug-likeness (QED) is 0.501. The van der Waals surface area contributed by atoms with Crippen molar-refractivity contribution in [1.82, 2.24) is 15.0 Å². The first-order valence-electron chi connectivity index (χ1n) is 5.75. The van der Waals surface area contributed by atoms with E-state index in [0.29, 0.717) is 0 Å². The summed E-state index contributed by atoms with van der Waals surface area (Å²) in [7, 11) is 0. The molecule has 0 saturated carbocycles. The van der Waals surface area contributed by atoms with Crippen LogP contribution in [0.1, 0.15) is 19.8 Å². The Bertz CT molecular complexity index is 501. The molecule has 0 fully saturated rings. The van der Waals surface area contributed by atoms with E-state index < -0.39 is 0 Å². The van der Waals surface area contributed by atoms with Crippen molar-refractivity contribution in [2.75, 3.05) is 18.1 Å². The highest BCUT2D eigenvalue weighted by Crippen LogP contribution is 2.21. The van der Waals surface area contributed by atoms with E-state index >= 15 is 0 Å². The summed E-state index contributed by atoms with van der Waals surface area (Å²) in [5.41, 5.74) is 0.755. The number of aromatic nitrogens is 3. The molecule has 90 valence electrons. The van der Waals surface area contributed by atoms with E-state index in [2.05, 4.69) is 27.2 Å². The van der Waals surface area contributed by atoms with Crippen molar-refractivity contribution in [3.63, 3.8) is 0 Å². The van der Waals surface area contributed by atoms with Crippen LogP contribution in [0.5, 0.6) is 0 Å². The molecule has 0 amide bonds. The summed E-state index contributed by atoms with van der Waals surface area (Å²) in [5.74, 6) is 0.890. The van der Waals surface area contributed by atoms with Gasteiger partial charge < -0.3 is 5.32 Å². The lowest BCUT2D eigenvalue weighted by Gasteiger charge is -2.08. The van der Waals surface area contributed by atoms with Gasteiger partial charge in [-0.25, -0.2) is 15.0 Å². The molecule has 0 unspecified atom stereocenters. The van der Waals surface area contributed by atoms with E-state index in [-0.39, 0.29) is 0 Å². The zero-order chi connectivity index (χ0) is 12.1. The van der Waals surface area contributed by atoms with Gasteiger partial charge in [0.15, 0.2) is 10.8 Å². The molecule has 4 nitrogen and oxygen atoms in total. The molecule has 2 heterocycles. The van der Waals surface area contributed by atoms with Crippen molar-refractivity contribution in [1.29, 1.82) is 0 Å². The van der Waals surface area contributed by atoms with Crippen LogP contribution in [0.3, 0.4) is 0 Å². The molecule has 0 saturated heterocycles. The van der Waals surface area contributed by atoms with Crippen molar-refractivity contribution in [3.05, 3.63) is 18.3 Å². The van der Waals surface area contributed by atoms with Gasteiger partial charge in [0, 0.05) is 12.7 Å². The van der Waals surface area contributed by atoms with Gasteiger partial charge in [0.2, 0.25) is 0 Å². The standard InChI is InChI=1S/C12H16N4S/c1-3-4-7-13-10-9-6-5-8-14-11(9)16-12(15-10)17-2/h5-6,8H,3-4,7H2,1-2H3,(H,13,14,15,16). The second-order valence-electron chi connectivity index (χ2n) is 3.71. The zero-order valence-electron chi connectivity index (χ0n) is 10.1. The second-order valence-corrected chi connectivity index (χ2v) is 4.49. The number of nitrogens with zero attached hydrogens (tertiary/aromatic N) is 3. The highest BCUT2D eigenvalue weighted by molar-refractivity contribution is 7.98. The van der Waals surface area contributed by atoms with Crippen LogP contribution in [-0.2, 0) is 0 Å². The molecule has 2 rings (SSSR count). The number of hydrogen-bond acceptors (Lipinski definition) is 5. The Labute approximate surface area is 105 Å². The van der Waals surface area contributed by atoms with Crippen LogP contribution >= 0.6 is 11.8 Å². The summed E-state index contributed by atoms with van der Waals surface area (Å²) in [6.45, 7) is 3.11. The van der Waals surface area contributed by atoms with Gasteiger partial charge >= 0.3 is 0 Å². The number of unbranched alkanes of at least 4 members (excludes halogenated alkanes) is 1. The molecule has 0 aromatic carbocycles. The van der Waals surface area contributed by atoms with E-state index in [9.17, 15) is 0 Å². The van der Waals surface area contributed by atoms with Crippen molar-refractivity contribution in [3.8, 4) is 0 Å². The fraction of sp³-hybridized carbons (Fsp3) is 0.417. The number of thioether (sulfide) groups is 1. The number of rotatable bonds is 5. The van der Waals surface area contributed by atoms with Crippen LogP contribution < -0.4 is 5.32 Å². The molecular weight excluding hydrogens is 232 g/mol. The number of anilines is 1. The van der Waals surface area contributed by atoms with Crippen LogP contribution in [0, 0.1) is 0 Å². The Morgan fingerprint density at radius 3 is 3.00 bits per heavy atom. The molecule has 2 aromatic rings. The van der Waals surface area contributed by atoms with Gasteiger partial charge in [-0.05, 0) is 24.8 Å². The monoisotopic (exact) mass is 248 g/mol. The van der Waals surface area contributed by atoms with Gasteiger partial charge in [0.05, 0.1) is 5.39 Å². The number of hydrogen-bond donors (Lipinski definition) is 1. The highest BCUT2D eigenvalue weighted by atomic mass is 32.2. The minimum absolute atomic E-state index is 0.755. The molecule has 2 aromatic heterocycles. The minimum atomic E-state index is 0.755. The summed E-state index contributed by atoms with van der Waals surface area (Å²) in [5, 5.41) is 5.11. The van der Waals surface area contributed by atoms with E-state index in [1.165, 1.54) is 18.2 Å². The van der Waals surface area contributed by atoms with Crippen LogP contribution in [0.2, 0.25) is 0 Å². The molecule has 0 radical (unpaired) electrons. The lowest BCUT2D eigenvalue weighted by molar-refractivity contribution is 0.828. The van der Waals surface area contributed by atoms with Crippen LogP contribution in [-0.4, -0.2) is 27.8 Å². The maximum Gasteiger partial charge on any atom is 0.191 e. The van der Waals surface area contributed by atoms with Crippen molar-refractivity contribution < 1.29 is 0 Å². The lowest BCUT2D eigenvalue weighted by atomic mass is 10.3. The average Bonchev–Trinajstić information content (AvgIpc) is 2.38. The molecule has 5 heteroatoms. The summed E-state index contributed by atoms with van der Waals surface area (Å²) in [6.07, 6.45) is 6.04. The fourth-order valence-corrected chi connectivity index (χ4v) is 1.91. The Kier molecular flexibility index (Phi) is 4.14. The van der Waals surface area contributed by atoms with Gasteiger partial charge in [-0.1, -0.05) is 25.1 Å². The molecular formula is C12H16N4S. The summed E-state index contributed by atoms with van der Waals surface area (Å²) in [6, 6.07) is 3.91. The maximum atomic E-state index is 4.49. The summed E-state index contributed by atoms with van der Waals surface area (Å²) in [4.78, 5) is 13.1. The minimum Gasteiger partial charge on any atom is -0.369 e. The lowest BCUT2D eigenvalue weighted by Crippen LogP contribution is -2.05. The third-order valence-electron chi connectivity index (χ3n) is 2.46. The Hall–Kier alpha value is -1.36. The number of pyridine rings is 1. The molecule has 0 aliphatic heterocycles. The smallest absolute Gasteiger partial charge is 0.191 e. The van der Waals surface area contributed by atoms with Gasteiger partial charge in [-0.2, -0.15) is 0 Å². The fourth-order valence-electron chi connectivity index (χ4n) is 1.55. The topological polar surface area (TPSA) is 50.7 Å². The molecule has 0 atom stereocenters. The van der Waals surface area contributed by atoms with Gasteiger partial charge in [0.1, 0.15) is 5.82 Å². The van der Waals surface area contributed by atoms with Crippen LogP contribution in [0.4, 0.5) is 5.82 Å². The van der Waals surface area contributed by atoms with Crippen molar-refractivity contribution in [2.24, 2.45) is 0 Å². The Morgan fingerprint density at radius 1 is 1.35 bits per heavy atom. The first-order chi connectivity index (χ1) is 8.35. The third-order valence-corrected chi connectivity index (χ3v) is 3.00. The number of fused-ring (bicyclic) bond motifs is 1. The van der Waals surface area contributed by atoms with E-state index in [0.717, 1.165) is 35.0 Å². The Balaban J connectivity index is 2.36. The van der Waals surface area contributed by atoms with E-state index in [1.54, 1.807) is 6.20 Å². The summed E-state index contributed by atoms with van der Waals surface area (Å²) < 4.78 is 0. The molecule has 17 heavy (non-hydrogen) atoms. The van der Waals surface area contributed by atoms with E-state index in [4.69, 9.17) is 0 Å². The maximum absolute atomic E-state index is 4.49. The predicted molar refractivity (Wildman–Crippen MR) is 72.5 cm³/mol. The van der Waals surface area contributed by atoms with Crippen molar-refractivity contribution in [2.45, 2.75) is 24.9 Å². The first-order valence-corrected chi connectivity index (χ1v) is 6.98. The van der Waals surface area contributed by atoms with Gasteiger partial charge in [0.25, 0.3) is 0 Å². The first kappa shape index (κ1) is 12.1. The molecule has 0 aliphatic carbocycles. The van der Waals surface area contributed by atoms with Gasteiger partial charge in [-0.15, -0.1) is 0 Å². The average molecular weight is 248 g/mol. The third kappa shape index (κ3) is 2.85. The van der Waals surface area contributed by atoms with E-state index in [1.807, 2.05) is 18.4 Å². The predicted octanol–water partition coefficient (Wildman–Crippen LogP) is 2.96. The van der Waals surface area contributed by atoms with Crippen LogP contribution in [0.15, 0.2) is 23.5 Å². The largest absolute Gasteiger partial charge is 0.369 e. The number of nitrogens with one attached hydrogen (secondary N) is 1. The van der Waals surface area contributed by atoms with Gasteiger partial charge in [-0.3, -0.25) is 0 Å². The molecule has 0 bridgehead atoms. The van der Waals surface area contributed by atoms with Crippen molar-refractivity contribution >= 4 is 28.6 Å². The zero-order valence-corrected chi connectivity index (χ0v) is 10.9. The normalized spacial score (nSPS) is 10.7. The highest BCUT2D eigenvalue weighted by Gasteiger charge is 2.06. The SMILES string of the molecule is CCCCNc1nc(SC)nc2ncccc12. The second kappa shape index (κ2) is 5.82. The molecule has 1 N–H and O–H groups in total. The Morgan fingerprint density at radius 2 is 2.24 bits per heavy atom. The molecule has 0 spiro atoms. The van der Waals surface area contributed by atoms with Crippen LogP contribution in [0.25, 0.3) is 11.0 Å². The summed E-state index contributed by atoms with van der Waals surface area (Å²) >= 11 is 1.53. The molecule has 0 aliphatic rings.